The van der Waals surface area contributed by atoms with Crippen molar-refractivity contribution in [1.29, 1.82) is 0 Å². The van der Waals surface area contributed by atoms with E-state index in [1.54, 1.807) is 34.9 Å². The van der Waals surface area contributed by atoms with Gasteiger partial charge in [0.1, 0.15) is 11.5 Å². The summed E-state index contributed by atoms with van der Waals surface area (Å²) in [7, 11) is 3.46. The number of nitrogens with one attached hydrogen (secondary N) is 1. The molecule has 0 atom stereocenters. The molecule has 0 spiro atoms. The SMILES string of the molecule is CN(C)C(=O)N1CCN(C(=O)Nc2cccc(Oc3ccccc3)c2)CC1. The number of carbonyl (C=O) groups excluding carboxylic acids is 2. The maximum absolute atomic E-state index is 12.5. The summed E-state index contributed by atoms with van der Waals surface area (Å²) in [6.07, 6.45) is 0. The van der Waals surface area contributed by atoms with E-state index in [1.807, 2.05) is 48.5 Å². The zero-order chi connectivity index (χ0) is 19.2. The number of benzene rings is 2. The van der Waals surface area contributed by atoms with Crippen molar-refractivity contribution in [3.63, 3.8) is 0 Å². The Morgan fingerprint density at radius 2 is 1.52 bits per heavy atom. The van der Waals surface area contributed by atoms with Crippen molar-refractivity contribution in [1.82, 2.24) is 14.7 Å². The second-order valence-electron chi connectivity index (χ2n) is 6.52. The van der Waals surface area contributed by atoms with Gasteiger partial charge in [-0.05, 0) is 24.3 Å². The van der Waals surface area contributed by atoms with E-state index in [1.165, 1.54) is 0 Å². The van der Waals surface area contributed by atoms with Gasteiger partial charge in [0.05, 0.1) is 0 Å². The molecule has 0 bridgehead atoms. The number of carbonyl (C=O) groups is 2. The van der Waals surface area contributed by atoms with Gasteiger partial charge in [0, 0.05) is 52.0 Å². The van der Waals surface area contributed by atoms with Crippen LogP contribution in [0.1, 0.15) is 0 Å². The normalized spacial score (nSPS) is 13.9. The first-order valence-electron chi connectivity index (χ1n) is 8.88. The maximum Gasteiger partial charge on any atom is 0.321 e. The lowest BCUT2D eigenvalue weighted by atomic mass is 10.3. The molecule has 0 aromatic heterocycles. The Morgan fingerprint density at radius 1 is 0.889 bits per heavy atom. The molecule has 2 aromatic rings. The van der Waals surface area contributed by atoms with Crippen LogP contribution in [-0.4, -0.2) is 67.0 Å². The summed E-state index contributed by atoms with van der Waals surface area (Å²) >= 11 is 0. The molecule has 3 rings (SSSR count). The minimum absolute atomic E-state index is 0.0270. The molecule has 7 heteroatoms. The van der Waals surface area contributed by atoms with Gasteiger partial charge in [-0.2, -0.15) is 0 Å². The molecule has 4 amide bonds. The van der Waals surface area contributed by atoms with Crippen molar-refractivity contribution < 1.29 is 14.3 Å². The van der Waals surface area contributed by atoms with Crippen LogP contribution in [0, 0.1) is 0 Å². The number of nitrogens with zero attached hydrogens (tertiary/aromatic N) is 3. The quantitative estimate of drug-likeness (QED) is 0.904. The largest absolute Gasteiger partial charge is 0.457 e. The molecule has 1 fully saturated rings. The van der Waals surface area contributed by atoms with E-state index in [9.17, 15) is 9.59 Å². The summed E-state index contributed by atoms with van der Waals surface area (Å²) in [5.74, 6) is 1.39. The Labute approximate surface area is 159 Å². The molecule has 1 aliphatic heterocycles. The molecule has 1 aliphatic rings. The molecule has 0 saturated carbocycles. The van der Waals surface area contributed by atoms with Gasteiger partial charge >= 0.3 is 12.1 Å². The lowest BCUT2D eigenvalue weighted by Gasteiger charge is -2.35. The molecule has 0 radical (unpaired) electrons. The number of para-hydroxylation sites is 1. The summed E-state index contributed by atoms with van der Waals surface area (Å²) < 4.78 is 5.80. The monoisotopic (exact) mass is 368 g/mol. The van der Waals surface area contributed by atoms with Crippen molar-refractivity contribution in [2.75, 3.05) is 45.6 Å². The zero-order valence-corrected chi connectivity index (χ0v) is 15.6. The van der Waals surface area contributed by atoms with Crippen molar-refractivity contribution in [3.05, 3.63) is 54.6 Å². The van der Waals surface area contributed by atoms with E-state index in [2.05, 4.69) is 5.32 Å². The van der Waals surface area contributed by atoms with Gasteiger partial charge < -0.3 is 24.8 Å². The fourth-order valence-corrected chi connectivity index (χ4v) is 2.85. The predicted molar refractivity (Wildman–Crippen MR) is 104 cm³/mol. The molecule has 1 N–H and O–H groups in total. The van der Waals surface area contributed by atoms with E-state index < -0.39 is 0 Å². The van der Waals surface area contributed by atoms with Gasteiger partial charge in [0.25, 0.3) is 0 Å². The van der Waals surface area contributed by atoms with Gasteiger partial charge in [-0.1, -0.05) is 24.3 Å². The van der Waals surface area contributed by atoms with E-state index in [4.69, 9.17) is 4.74 Å². The van der Waals surface area contributed by atoms with Crippen LogP contribution >= 0.6 is 0 Å². The third kappa shape index (κ3) is 4.91. The summed E-state index contributed by atoms with van der Waals surface area (Å²) in [4.78, 5) is 29.5. The molecule has 2 aromatic carbocycles. The number of amides is 4. The number of rotatable bonds is 3. The maximum atomic E-state index is 12.5. The Hall–Kier alpha value is -3.22. The van der Waals surface area contributed by atoms with Gasteiger partial charge in [0.15, 0.2) is 0 Å². The summed E-state index contributed by atoms with van der Waals surface area (Å²) in [5, 5.41) is 2.90. The van der Waals surface area contributed by atoms with Gasteiger partial charge in [-0.3, -0.25) is 0 Å². The molecule has 1 saturated heterocycles. The molecular weight excluding hydrogens is 344 g/mol. The number of ether oxygens (including phenoxy) is 1. The second kappa shape index (κ2) is 8.44. The van der Waals surface area contributed by atoms with E-state index in [-0.39, 0.29) is 12.1 Å². The van der Waals surface area contributed by atoms with Crippen LogP contribution in [0.2, 0.25) is 0 Å². The third-order valence-electron chi connectivity index (χ3n) is 4.28. The van der Waals surface area contributed by atoms with E-state index >= 15 is 0 Å². The predicted octanol–water partition coefficient (Wildman–Crippen LogP) is 3.31. The summed E-state index contributed by atoms with van der Waals surface area (Å²) in [6.45, 7) is 2.07. The molecule has 27 heavy (non-hydrogen) atoms. The summed E-state index contributed by atoms with van der Waals surface area (Å²) in [5.41, 5.74) is 0.667. The van der Waals surface area contributed by atoms with Crippen LogP contribution in [0.4, 0.5) is 15.3 Å². The number of hydrogen-bond donors (Lipinski definition) is 1. The average molecular weight is 368 g/mol. The fraction of sp³-hybridized carbons (Fsp3) is 0.300. The van der Waals surface area contributed by atoms with Crippen molar-refractivity contribution in [2.45, 2.75) is 0 Å². The number of urea groups is 2. The third-order valence-corrected chi connectivity index (χ3v) is 4.28. The van der Waals surface area contributed by atoms with Crippen LogP contribution in [-0.2, 0) is 0 Å². The number of piperazine rings is 1. The number of hydrogen-bond acceptors (Lipinski definition) is 3. The van der Waals surface area contributed by atoms with Crippen molar-refractivity contribution in [2.24, 2.45) is 0 Å². The topological polar surface area (TPSA) is 65.1 Å². The smallest absolute Gasteiger partial charge is 0.321 e. The first-order chi connectivity index (χ1) is 13.0. The van der Waals surface area contributed by atoms with Gasteiger partial charge in [0.2, 0.25) is 0 Å². The first kappa shape index (κ1) is 18.6. The van der Waals surface area contributed by atoms with E-state index in [0.29, 0.717) is 37.6 Å². The van der Waals surface area contributed by atoms with Crippen molar-refractivity contribution in [3.8, 4) is 11.5 Å². The lowest BCUT2D eigenvalue weighted by Crippen LogP contribution is -2.53. The van der Waals surface area contributed by atoms with Gasteiger partial charge in [-0.25, -0.2) is 9.59 Å². The highest BCUT2D eigenvalue weighted by Crippen LogP contribution is 2.24. The molecule has 142 valence electrons. The average Bonchev–Trinajstić information content (AvgIpc) is 2.68. The van der Waals surface area contributed by atoms with Crippen LogP contribution in [0.5, 0.6) is 11.5 Å². The Kier molecular flexibility index (Phi) is 5.80. The fourth-order valence-electron chi connectivity index (χ4n) is 2.85. The Balaban J connectivity index is 1.55. The van der Waals surface area contributed by atoms with Crippen LogP contribution in [0.25, 0.3) is 0 Å². The first-order valence-corrected chi connectivity index (χ1v) is 8.88. The molecule has 0 unspecified atom stereocenters. The Bertz CT molecular complexity index is 787. The molecule has 7 nitrogen and oxygen atoms in total. The van der Waals surface area contributed by atoms with Crippen LogP contribution < -0.4 is 10.1 Å². The molecular formula is C20H24N4O3. The van der Waals surface area contributed by atoms with E-state index in [0.717, 1.165) is 5.75 Å². The number of anilines is 1. The Morgan fingerprint density at radius 3 is 2.19 bits per heavy atom. The van der Waals surface area contributed by atoms with Crippen molar-refractivity contribution >= 4 is 17.7 Å². The van der Waals surface area contributed by atoms with Crippen LogP contribution in [0.3, 0.4) is 0 Å². The van der Waals surface area contributed by atoms with Crippen LogP contribution in [0.15, 0.2) is 54.6 Å². The minimum atomic E-state index is -0.177. The minimum Gasteiger partial charge on any atom is -0.457 e. The lowest BCUT2D eigenvalue weighted by molar-refractivity contribution is 0.133. The van der Waals surface area contributed by atoms with Gasteiger partial charge in [-0.15, -0.1) is 0 Å². The highest BCUT2D eigenvalue weighted by molar-refractivity contribution is 5.89. The highest BCUT2D eigenvalue weighted by atomic mass is 16.5. The highest BCUT2D eigenvalue weighted by Gasteiger charge is 2.24. The molecule has 1 heterocycles. The standard InChI is InChI=1S/C20H24N4O3/c1-22(2)20(26)24-13-11-23(12-14-24)19(25)21-16-7-6-10-18(15-16)27-17-8-4-3-5-9-17/h3-10,15H,11-14H2,1-2H3,(H,21,25). The second-order valence-corrected chi connectivity index (χ2v) is 6.52. The molecule has 0 aliphatic carbocycles. The summed E-state index contributed by atoms with van der Waals surface area (Å²) in [6, 6.07) is 16.6. The zero-order valence-electron chi connectivity index (χ0n) is 15.6.